The first-order valence-corrected chi connectivity index (χ1v) is 7.43. The summed E-state index contributed by atoms with van der Waals surface area (Å²) < 4.78 is 41.0. The number of nitrogens with one attached hydrogen (secondary N) is 1. The highest BCUT2D eigenvalue weighted by Crippen LogP contribution is 2.26. The van der Waals surface area contributed by atoms with Gasteiger partial charge in [-0.15, -0.1) is 11.3 Å². The number of carbonyl (C=O) groups is 1. The zero-order chi connectivity index (χ0) is 16.2. The molecular formula is C14H15F3N2O2S. The maximum Gasteiger partial charge on any atom is 0.411 e. The molecule has 0 aliphatic heterocycles. The molecule has 0 bridgehead atoms. The lowest BCUT2D eigenvalue weighted by atomic mass is 10.2. The van der Waals surface area contributed by atoms with E-state index >= 15 is 0 Å². The van der Waals surface area contributed by atoms with Gasteiger partial charge in [-0.25, -0.2) is 4.98 Å². The minimum absolute atomic E-state index is 0.0241. The molecule has 8 heteroatoms. The largest absolute Gasteiger partial charge is 0.411 e. The van der Waals surface area contributed by atoms with Gasteiger partial charge in [0.05, 0.1) is 15.2 Å². The van der Waals surface area contributed by atoms with Crippen LogP contribution in [-0.4, -0.2) is 36.8 Å². The molecule has 0 aliphatic carbocycles. The number of benzene rings is 1. The highest BCUT2D eigenvalue weighted by Gasteiger charge is 2.27. The van der Waals surface area contributed by atoms with E-state index in [1.165, 1.54) is 11.3 Å². The van der Waals surface area contributed by atoms with Crippen LogP contribution < -0.4 is 5.32 Å². The van der Waals surface area contributed by atoms with Gasteiger partial charge >= 0.3 is 6.18 Å². The minimum Gasteiger partial charge on any atom is -0.362 e. The molecule has 0 saturated heterocycles. The highest BCUT2D eigenvalue weighted by molar-refractivity contribution is 7.18. The molecule has 2 rings (SSSR count). The van der Waals surface area contributed by atoms with Gasteiger partial charge in [0, 0.05) is 12.5 Å². The van der Waals surface area contributed by atoms with Gasteiger partial charge in [-0.2, -0.15) is 13.2 Å². The zero-order valence-corrected chi connectivity index (χ0v) is 12.6. The van der Waals surface area contributed by atoms with E-state index in [2.05, 4.69) is 15.0 Å². The SMILES string of the molecule is CC(CNC(=O)COCC(F)(F)F)c1nc2ccccc2s1. The van der Waals surface area contributed by atoms with Crippen LogP contribution in [0.5, 0.6) is 0 Å². The smallest absolute Gasteiger partial charge is 0.362 e. The summed E-state index contributed by atoms with van der Waals surface area (Å²) in [5, 5.41) is 3.42. The normalized spacial score (nSPS) is 13.3. The molecule has 4 nitrogen and oxygen atoms in total. The molecule has 0 saturated carbocycles. The molecular weight excluding hydrogens is 317 g/mol. The number of nitrogens with zero attached hydrogens (tertiary/aromatic N) is 1. The second kappa shape index (κ2) is 7.06. The van der Waals surface area contributed by atoms with Gasteiger partial charge in [0.1, 0.15) is 13.2 Å². The van der Waals surface area contributed by atoms with Crippen LogP contribution in [0, 0.1) is 0 Å². The minimum atomic E-state index is -4.42. The van der Waals surface area contributed by atoms with Crippen molar-refractivity contribution in [2.24, 2.45) is 0 Å². The number of rotatable bonds is 6. The third-order valence-electron chi connectivity index (χ3n) is 2.84. The second-order valence-electron chi connectivity index (χ2n) is 4.83. The third-order valence-corrected chi connectivity index (χ3v) is 4.10. The Morgan fingerprint density at radius 1 is 1.41 bits per heavy atom. The molecule has 1 N–H and O–H groups in total. The number of carbonyl (C=O) groups excluding carboxylic acids is 1. The van der Waals surface area contributed by atoms with Gasteiger partial charge in [0.25, 0.3) is 0 Å². The topological polar surface area (TPSA) is 51.2 Å². The number of aromatic nitrogens is 1. The molecule has 0 fully saturated rings. The van der Waals surface area contributed by atoms with E-state index in [0.29, 0.717) is 6.54 Å². The van der Waals surface area contributed by atoms with Gasteiger partial charge in [0.2, 0.25) is 5.91 Å². The first-order chi connectivity index (χ1) is 10.3. The standard InChI is InChI=1S/C14H15F3N2O2S/c1-9(6-18-12(20)7-21-8-14(15,16)17)13-19-10-4-2-3-5-11(10)22-13/h2-5,9H,6-8H2,1H3,(H,18,20). The van der Waals surface area contributed by atoms with Crippen LogP contribution in [0.15, 0.2) is 24.3 Å². The van der Waals surface area contributed by atoms with E-state index in [-0.39, 0.29) is 5.92 Å². The van der Waals surface area contributed by atoms with Gasteiger partial charge in [-0.1, -0.05) is 19.1 Å². The molecule has 1 heterocycles. The number of alkyl halides is 3. The molecule has 1 amide bonds. The van der Waals surface area contributed by atoms with Crippen molar-refractivity contribution in [3.05, 3.63) is 29.3 Å². The van der Waals surface area contributed by atoms with Crippen molar-refractivity contribution >= 4 is 27.5 Å². The molecule has 22 heavy (non-hydrogen) atoms. The number of hydrogen-bond acceptors (Lipinski definition) is 4. The lowest BCUT2D eigenvalue weighted by Gasteiger charge is -2.11. The first kappa shape index (κ1) is 16.7. The highest BCUT2D eigenvalue weighted by atomic mass is 32.1. The van der Waals surface area contributed by atoms with E-state index < -0.39 is 25.3 Å². The van der Waals surface area contributed by atoms with Crippen LogP contribution in [0.25, 0.3) is 10.2 Å². The third kappa shape index (κ3) is 4.96. The fourth-order valence-electron chi connectivity index (χ4n) is 1.77. The number of hydrogen-bond donors (Lipinski definition) is 1. The summed E-state index contributed by atoms with van der Waals surface area (Å²) in [5.41, 5.74) is 0.897. The van der Waals surface area contributed by atoms with Crippen molar-refractivity contribution in [1.29, 1.82) is 0 Å². The summed E-state index contributed by atoms with van der Waals surface area (Å²) in [7, 11) is 0. The number of amides is 1. The van der Waals surface area contributed by atoms with Crippen molar-refractivity contribution in [3.8, 4) is 0 Å². The Balaban J connectivity index is 1.79. The van der Waals surface area contributed by atoms with Gasteiger partial charge in [-0.3, -0.25) is 4.79 Å². The summed E-state index contributed by atoms with van der Waals surface area (Å²) in [6.07, 6.45) is -4.42. The zero-order valence-electron chi connectivity index (χ0n) is 11.8. The summed E-state index contributed by atoms with van der Waals surface area (Å²) in [5.74, 6) is -0.596. The van der Waals surface area contributed by atoms with Gasteiger partial charge in [0.15, 0.2) is 0 Å². The average molecular weight is 332 g/mol. The maximum absolute atomic E-state index is 11.9. The van der Waals surface area contributed by atoms with E-state index in [9.17, 15) is 18.0 Å². The predicted octanol–water partition coefficient (Wildman–Crippen LogP) is 3.09. The van der Waals surface area contributed by atoms with Crippen LogP contribution >= 0.6 is 11.3 Å². The van der Waals surface area contributed by atoms with Crippen LogP contribution in [0.3, 0.4) is 0 Å². The Labute approximate surface area is 129 Å². The molecule has 0 spiro atoms. The average Bonchev–Trinajstić information content (AvgIpc) is 2.87. The van der Waals surface area contributed by atoms with Gasteiger partial charge in [-0.05, 0) is 12.1 Å². The van der Waals surface area contributed by atoms with Crippen LogP contribution in [0.1, 0.15) is 17.8 Å². The molecule has 1 aromatic heterocycles. The molecule has 0 radical (unpaired) electrons. The maximum atomic E-state index is 11.9. The van der Waals surface area contributed by atoms with Gasteiger partial charge < -0.3 is 10.1 Å². The van der Waals surface area contributed by atoms with Crippen molar-refractivity contribution in [2.75, 3.05) is 19.8 Å². The number of halogens is 3. The van der Waals surface area contributed by atoms with E-state index in [4.69, 9.17) is 0 Å². The molecule has 2 aromatic rings. The number of thiazole rings is 1. The lowest BCUT2D eigenvalue weighted by Crippen LogP contribution is -2.32. The van der Waals surface area contributed by atoms with E-state index in [1.807, 2.05) is 31.2 Å². The summed E-state index contributed by atoms with van der Waals surface area (Å²) >= 11 is 1.54. The van der Waals surface area contributed by atoms with Crippen molar-refractivity contribution < 1.29 is 22.7 Å². The molecule has 1 atom stereocenters. The van der Waals surface area contributed by atoms with Crippen molar-refractivity contribution in [3.63, 3.8) is 0 Å². The number of ether oxygens (including phenoxy) is 1. The van der Waals surface area contributed by atoms with Crippen molar-refractivity contribution in [1.82, 2.24) is 10.3 Å². The molecule has 1 unspecified atom stereocenters. The first-order valence-electron chi connectivity index (χ1n) is 6.62. The Hall–Kier alpha value is -1.67. The Bertz CT molecular complexity index is 609. The van der Waals surface area contributed by atoms with Crippen LogP contribution in [0.2, 0.25) is 0 Å². The number of fused-ring (bicyclic) bond motifs is 1. The fraction of sp³-hybridized carbons (Fsp3) is 0.429. The Morgan fingerprint density at radius 2 is 2.14 bits per heavy atom. The summed E-state index contributed by atoms with van der Waals surface area (Å²) in [6, 6.07) is 7.70. The fourth-order valence-corrected chi connectivity index (χ4v) is 2.78. The summed E-state index contributed by atoms with van der Waals surface area (Å²) in [6.45, 7) is 0.169. The van der Waals surface area contributed by atoms with E-state index in [0.717, 1.165) is 15.2 Å². The lowest BCUT2D eigenvalue weighted by molar-refractivity contribution is -0.175. The molecule has 0 aliphatic rings. The monoisotopic (exact) mass is 332 g/mol. The van der Waals surface area contributed by atoms with Crippen molar-refractivity contribution in [2.45, 2.75) is 19.0 Å². The predicted molar refractivity (Wildman–Crippen MR) is 77.9 cm³/mol. The second-order valence-corrected chi connectivity index (χ2v) is 5.90. The molecule has 1 aromatic carbocycles. The quantitative estimate of drug-likeness (QED) is 0.884. The van der Waals surface area contributed by atoms with Crippen LogP contribution in [-0.2, 0) is 9.53 Å². The molecule has 120 valence electrons. The summed E-state index contributed by atoms with van der Waals surface area (Å²) in [4.78, 5) is 15.9. The van der Waals surface area contributed by atoms with E-state index in [1.54, 1.807) is 0 Å². The van der Waals surface area contributed by atoms with Crippen LogP contribution in [0.4, 0.5) is 13.2 Å². The Kier molecular flexibility index (Phi) is 5.36. The number of para-hydroxylation sites is 1. The Morgan fingerprint density at radius 3 is 2.82 bits per heavy atom.